The molecule has 4 heavy (non-hydrogen) atoms. The Morgan fingerprint density at radius 2 is 1.00 bits per heavy atom. The van der Waals surface area contributed by atoms with Gasteiger partial charge in [-0.05, 0) is 11.0 Å². The third kappa shape index (κ3) is 10.5. The van der Waals surface area contributed by atoms with E-state index in [0.717, 1.165) is 0 Å². The van der Waals surface area contributed by atoms with Gasteiger partial charge in [0.05, 0.1) is 0 Å². The first-order chi connectivity index (χ1) is 0. The number of hydrogen-bond donors (Lipinski definition) is 0. The fraction of sp³-hybridized carbons (Fsp3) is 1.00. The maximum atomic E-state index is 0. The molecule has 0 aromatic heterocycles. The summed E-state index contributed by atoms with van der Waals surface area (Å²) in [7, 11) is 0. The van der Waals surface area contributed by atoms with Crippen molar-refractivity contribution in [3.8, 4) is 0 Å². The second kappa shape index (κ2) is 28.3. The summed E-state index contributed by atoms with van der Waals surface area (Å²) >= 11 is 0. The zero-order valence-electron chi connectivity index (χ0n) is 0.762. The summed E-state index contributed by atoms with van der Waals surface area (Å²) in [6.45, 7) is 0. The van der Waals surface area contributed by atoms with Crippen LogP contribution in [0.15, 0.2) is 0 Å². The van der Waals surface area contributed by atoms with Gasteiger partial charge in [-0.1, -0.05) is 7.43 Å². The van der Waals surface area contributed by atoms with Crippen molar-refractivity contribution < 1.29 is 34.4 Å². The van der Waals surface area contributed by atoms with Gasteiger partial charge in [0, 0.05) is 34.4 Å². The summed E-state index contributed by atoms with van der Waals surface area (Å²) in [4.78, 5) is 0. The minimum atomic E-state index is 0. The smallest absolute Gasteiger partial charge is 0 e. The SMILES string of the molecule is C.[Cr].[Fe].[SiH4]. The Hall–Kier alpha value is 1.27. The zero-order valence-corrected chi connectivity index (χ0v) is 3.14. The third-order valence-electron chi connectivity index (χ3n) is 0. The van der Waals surface area contributed by atoms with Crippen molar-refractivity contribution in [3.63, 3.8) is 0 Å². The molecular weight excluding hydrogens is 148 g/mol. The van der Waals surface area contributed by atoms with Crippen LogP contribution >= 0.6 is 0 Å². The van der Waals surface area contributed by atoms with Crippen LogP contribution in [0.5, 0.6) is 0 Å². The molecule has 0 aliphatic carbocycles. The van der Waals surface area contributed by atoms with Gasteiger partial charge in [0.2, 0.25) is 0 Å². The van der Waals surface area contributed by atoms with E-state index < -0.39 is 0 Å². The monoisotopic (exact) mass is 156 g/mol. The fourth-order valence-electron chi connectivity index (χ4n) is 0. The molecule has 0 bridgehead atoms. The molecule has 30 valence electrons. The van der Waals surface area contributed by atoms with Crippen LogP contribution < -0.4 is 0 Å². The Balaban J connectivity index is 0. The van der Waals surface area contributed by atoms with Crippen LogP contribution in [-0.4, -0.2) is 11.0 Å². The van der Waals surface area contributed by atoms with Crippen molar-refractivity contribution in [1.82, 2.24) is 0 Å². The summed E-state index contributed by atoms with van der Waals surface area (Å²) in [5, 5.41) is 0. The quantitative estimate of drug-likeness (QED) is 0.402. The predicted molar refractivity (Wildman–Crippen MR) is 18.1 cm³/mol. The summed E-state index contributed by atoms with van der Waals surface area (Å²) in [5.41, 5.74) is 0. The van der Waals surface area contributed by atoms with Gasteiger partial charge in [-0.15, -0.1) is 0 Å². The molecule has 0 rings (SSSR count). The maximum absolute atomic E-state index is 0. The Kier molecular flexibility index (Phi) is 422. The van der Waals surface area contributed by atoms with Gasteiger partial charge in [-0.2, -0.15) is 0 Å². The van der Waals surface area contributed by atoms with Crippen LogP contribution in [0.4, 0.5) is 0 Å². The standard InChI is InChI=1S/CH4.Cr.Fe.H4Si/h1H4;;;1H4. The molecule has 0 atom stereocenters. The largest absolute Gasteiger partial charge is 0.0776 e. The molecule has 0 aromatic carbocycles. The number of rotatable bonds is 0. The molecule has 0 N–H and O–H groups in total. The van der Waals surface area contributed by atoms with E-state index in [0.29, 0.717) is 0 Å². The van der Waals surface area contributed by atoms with Gasteiger partial charge in [-0.25, -0.2) is 0 Å². The summed E-state index contributed by atoms with van der Waals surface area (Å²) in [6.07, 6.45) is 0. The molecule has 0 aromatic rings. The van der Waals surface area contributed by atoms with Crippen LogP contribution in [0.3, 0.4) is 0 Å². The average molecular weight is 156 g/mol. The van der Waals surface area contributed by atoms with Crippen molar-refractivity contribution in [1.29, 1.82) is 0 Å². The van der Waals surface area contributed by atoms with Crippen LogP contribution in [0.25, 0.3) is 0 Å². The maximum Gasteiger partial charge on any atom is 0 e. The van der Waals surface area contributed by atoms with E-state index >= 15 is 0 Å². The summed E-state index contributed by atoms with van der Waals surface area (Å²) in [6, 6.07) is 0. The molecule has 3 heteroatoms. The van der Waals surface area contributed by atoms with E-state index in [1.807, 2.05) is 0 Å². The molecule has 0 heterocycles. The Morgan fingerprint density at radius 1 is 1.00 bits per heavy atom. The molecule has 0 saturated carbocycles. The normalized spacial score (nSPS) is 0. The third-order valence-corrected chi connectivity index (χ3v) is 0. The van der Waals surface area contributed by atoms with E-state index in [2.05, 4.69) is 0 Å². The van der Waals surface area contributed by atoms with Crippen LogP contribution in [0.2, 0.25) is 0 Å². The van der Waals surface area contributed by atoms with E-state index in [9.17, 15) is 0 Å². The van der Waals surface area contributed by atoms with Gasteiger partial charge >= 0.3 is 0 Å². The van der Waals surface area contributed by atoms with Gasteiger partial charge in [0.25, 0.3) is 0 Å². The van der Waals surface area contributed by atoms with Crippen LogP contribution in [0.1, 0.15) is 7.43 Å². The van der Waals surface area contributed by atoms with E-state index in [1.165, 1.54) is 0 Å². The predicted octanol–water partition coefficient (Wildman–Crippen LogP) is -0.821. The van der Waals surface area contributed by atoms with Crippen LogP contribution in [0, 0.1) is 0 Å². The Labute approximate surface area is 53.0 Å². The zero-order chi connectivity index (χ0) is 0. The van der Waals surface area contributed by atoms with Crippen molar-refractivity contribution >= 4 is 11.0 Å². The van der Waals surface area contributed by atoms with E-state index in [1.54, 1.807) is 0 Å². The first-order valence-corrected chi connectivity index (χ1v) is 0. The molecular formula is CH8CrFeSi. The molecule has 0 radical (unpaired) electrons. The van der Waals surface area contributed by atoms with Gasteiger partial charge in [-0.3, -0.25) is 0 Å². The molecule has 0 spiro atoms. The Bertz CT molecular complexity index is 8.00. The minimum Gasteiger partial charge on any atom is -0.0776 e. The topological polar surface area (TPSA) is 0 Å². The average Bonchev–Trinajstić information content (AvgIpc) is 0. The molecule has 0 nitrogen and oxygen atoms in total. The van der Waals surface area contributed by atoms with E-state index in [-0.39, 0.29) is 52.8 Å². The molecule has 0 aliphatic heterocycles. The summed E-state index contributed by atoms with van der Waals surface area (Å²) < 4.78 is 0. The molecule has 0 unspecified atom stereocenters. The fourth-order valence-corrected chi connectivity index (χ4v) is 0. The second-order valence-electron chi connectivity index (χ2n) is 0. The van der Waals surface area contributed by atoms with Crippen molar-refractivity contribution in [2.75, 3.05) is 0 Å². The first-order valence-electron chi connectivity index (χ1n) is 0. The molecule has 0 amide bonds. The minimum absolute atomic E-state index is 0. The van der Waals surface area contributed by atoms with Gasteiger partial charge < -0.3 is 0 Å². The Morgan fingerprint density at radius 3 is 1.00 bits per heavy atom. The molecule has 0 fully saturated rings. The molecule has 0 aliphatic rings. The van der Waals surface area contributed by atoms with Crippen molar-refractivity contribution in [2.24, 2.45) is 0 Å². The summed E-state index contributed by atoms with van der Waals surface area (Å²) in [5.74, 6) is 0. The second-order valence-corrected chi connectivity index (χ2v) is 0. The van der Waals surface area contributed by atoms with Gasteiger partial charge in [0.1, 0.15) is 0 Å². The van der Waals surface area contributed by atoms with E-state index in [4.69, 9.17) is 0 Å². The van der Waals surface area contributed by atoms with Crippen LogP contribution in [-0.2, 0) is 34.4 Å². The molecule has 0 saturated heterocycles. The number of hydrogen-bond acceptors (Lipinski definition) is 0. The van der Waals surface area contributed by atoms with Crippen molar-refractivity contribution in [3.05, 3.63) is 0 Å². The first kappa shape index (κ1) is 59.6. The van der Waals surface area contributed by atoms with Crippen molar-refractivity contribution in [2.45, 2.75) is 7.43 Å². The van der Waals surface area contributed by atoms with Gasteiger partial charge in [0.15, 0.2) is 0 Å².